The number of anilines is 2. The van der Waals surface area contributed by atoms with Crippen molar-refractivity contribution >= 4 is 23.2 Å². The first-order valence-corrected chi connectivity index (χ1v) is 10.6. The molecule has 1 heterocycles. The van der Waals surface area contributed by atoms with Crippen LogP contribution in [-0.2, 0) is 9.59 Å². The topological polar surface area (TPSA) is 65.9 Å². The Bertz CT molecular complexity index is 866. The van der Waals surface area contributed by atoms with Crippen LogP contribution in [0.4, 0.5) is 11.4 Å². The first-order chi connectivity index (χ1) is 14.4. The lowest BCUT2D eigenvalue weighted by Crippen LogP contribution is -3.11. The van der Waals surface area contributed by atoms with Gasteiger partial charge in [0.05, 0.1) is 19.6 Å². The monoisotopic (exact) mass is 409 g/mol. The number of likely N-dealkylation sites (tertiary alicyclic amines) is 1. The van der Waals surface area contributed by atoms with Gasteiger partial charge in [-0.25, -0.2) is 0 Å². The third kappa shape index (κ3) is 5.19. The van der Waals surface area contributed by atoms with Gasteiger partial charge in [0.15, 0.2) is 0 Å². The van der Waals surface area contributed by atoms with Crippen molar-refractivity contribution in [3.05, 3.63) is 59.2 Å². The van der Waals surface area contributed by atoms with E-state index in [1.807, 2.05) is 46.1 Å². The standard InChI is InChI=1S/C24H32N4O2/c1-17-8-7-9-18(2)22(17)26-24(30)23(29)25-16-21(28-14-5-6-15-28)19-10-12-20(13-11-19)27(3)4/h7-13,21H,5-6,14-16H2,1-4H3,(H,25,29)(H,26,30)/p+1/t21-/m1/s1. The van der Waals surface area contributed by atoms with Crippen LogP contribution in [-0.4, -0.2) is 45.5 Å². The molecular formula is C24H33N4O2+. The van der Waals surface area contributed by atoms with Gasteiger partial charge in [0.1, 0.15) is 6.04 Å². The Morgan fingerprint density at radius 3 is 2.13 bits per heavy atom. The molecule has 1 aliphatic rings. The van der Waals surface area contributed by atoms with Crippen LogP contribution in [0.25, 0.3) is 0 Å². The third-order valence-electron chi connectivity index (χ3n) is 5.94. The molecule has 1 fully saturated rings. The summed E-state index contributed by atoms with van der Waals surface area (Å²) >= 11 is 0. The summed E-state index contributed by atoms with van der Waals surface area (Å²) in [5, 5.41) is 5.64. The van der Waals surface area contributed by atoms with E-state index in [-0.39, 0.29) is 6.04 Å². The predicted molar refractivity (Wildman–Crippen MR) is 121 cm³/mol. The Kier molecular flexibility index (Phi) is 7.11. The maximum Gasteiger partial charge on any atom is 0.313 e. The largest absolute Gasteiger partial charge is 0.378 e. The normalized spacial score (nSPS) is 14.9. The lowest BCUT2D eigenvalue weighted by molar-refractivity contribution is -0.918. The Balaban J connectivity index is 1.67. The van der Waals surface area contributed by atoms with Crippen molar-refractivity contribution in [1.29, 1.82) is 0 Å². The summed E-state index contributed by atoms with van der Waals surface area (Å²) in [5.41, 5.74) is 4.92. The lowest BCUT2D eigenvalue weighted by atomic mass is 10.0. The SMILES string of the molecule is Cc1cccc(C)c1NC(=O)C(=O)NC[C@H](c1ccc(N(C)C)cc1)[NH+]1CCCC1. The molecule has 2 aromatic rings. The molecule has 6 heteroatoms. The molecule has 2 amide bonds. The predicted octanol–water partition coefficient (Wildman–Crippen LogP) is 1.84. The van der Waals surface area contributed by atoms with E-state index in [1.54, 1.807) is 0 Å². The van der Waals surface area contributed by atoms with Crippen LogP contribution in [0.2, 0.25) is 0 Å². The molecule has 0 saturated carbocycles. The molecule has 2 aromatic carbocycles. The van der Waals surface area contributed by atoms with Crippen molar-refractivity contribution in [2.45, 2.75) is 32.7 Å². The number of quaternary nitrogens is 1. The fourth-order valence-electron chi connectivity index (χ4n) is 4.14. The van der Waals surface area contributed by atoms with Gasteiger partial charge in [0.25, 0.3) is 0 Å². The number of aryl methyl sites for hydroxylation is 2. The van der Waals surface area contributed by atoms with Crippen LogP contribution < -0.4 is 20.4 Å². The second-order valence-corrected chi connectivity index (χ2v) is 8.33. The summed E-state index contributed by atoms with van der Waals surface area (Å²) in [6, 6.07) is 14.4. The molecule has 1 aliphatic heterocycles. The van der Waals surface area contributed by atoms with Crippen molar-refractivity contribution < 1.29 is 14.5 Å². The first-order valence-electron chi connectivity index (χ1n) is 10.6. The third-order valence-corrected chi connectivity index (χ3v) is 5.94. The molecule has 3 rings (SSSR count). The summed E-state index contributed by atoms with van der Waals surface area (Å²) in [7, 11) is 4.04. The maximum atomic E-state index is 12.5. The molecule has 1 saturated heterocycles. The van der Waals surface area contributed by atoms with Crippen LogP contribution in [0.5, 0.6) is 0 Å². The first kappa shape index (κ1) is 21.8. The van der Waals surface area contributed by atoms with Gasteiger partial charge in [-0.2, -0.15) is 0 Å². The van der Waals surface area contributed by atoms with Gasteiger partial charge in [-0.1, -0.05) is 30.3 Å². The van der Waals surface area contributed by atoms with Gasteiger partial charge in [-0.3, -0.25) is 9.59 Å². The Morgan fingerprint density at radius 2 is 1.57 bits per heavy atom. The molecule has 6 nitrogen and oxygen atoms in total. The van der Waals surface area contributed by atoms with E-state index >= 15 is 0 Å². The number of hydrogen-bond donors (Lipinski definition) is 3. The highest BCUT2D eigenvalue weighted by Gasteiger charge is 2.28. The van der Waals surface area contributed by atoms with Crippen molar-refractivity contribution in [1.82, 2.24) is 5.32 Å². The second-order valence-electron chi connectivity index (χ2n) is 8.33. The Morgan fingerprint density at radius 1 is 0.967 bits per heavy atom. The van der Waals surface area contributed by atoms with Gasteiger partial charge in [0, 0.05) is 43.9 Å². The van der Waals surface area contributed by atoms with Gasteiger partial charge in [-0.15, -0.1) is 0 Å². The molecule has 30 heavy (non-hydrogen) atoms. The number of amides is 2. The minimum atomic E-state index is -0.620. The van der Waals surface area contributed by atoms with Crippen LogP contribution in [0.3, 0.4) is 0 Å². The minimum absolute atomic E-state index is 0.139. The van der Waals surface area contributed by atoms with E-state index in [1.165, 1.54) is 23.3 Å². The molecule has 160 valence electrons. The fourth-order valence-corrected chi connectivity index (χ4v) is 4.14. The van der Waals surface area contributed by atoms with Gasteiger partial charge < -0.3 is 20.4 Å². The minimum Gasteiger partial charge on any atom is -0.378 e. The summed E-state index contributed by atoms with van der Waals surface area (Å²) in [5.74, 6) is -1.21. The van der Waals surface area contributed by atoms with Crippen molar-refractivity contribution in [2.75, 3.05) is 43.9 Å². The molecular weight excluding hydrogens is 376 g/mol. The molecule has 1 atom stereocenters. The highest BCUT2D eigenvalue weighted by Crippen LogP contribution is 2.19. The van der Waals surface area contributed by atoms with Crippen molar-refractivity contribution in [2.24, 2.45) is 0 Å². The highest BCUT2D eigenvalue weighted by molar-refractivity contribution is 6.39. The van der Waals surface area contributed by atoms with E-state index < -0.39 is 11.8 Å². The van der Waals surface area contributed by atoms with Crippen LogP contribution in [0.1, 0.15) is 35.6 Å². The van der Waals surface area contributed by atoms with E-state index in [4.69, 9.17) is 0 Å². The van der Waals surface area contributed by atoms with Crippen molar-refractivity contribution in [3.8, 4) is 0 Å². The Hall–Kier alpha value is -2.86. The Labute approximate surface area is 179 Å². The number of para-hydroxylation sites is 1. The maximum absolute atomic E-state index is 12.5. The molecule has 0 bridgehead atoms. The number of hydrogen-bond acceptors (Lipinski definition) is 3. The van der Waals surface area contributed by atoms with Gasteiger partial charge in [-0.05, 0) is 37.1 Å². The summed E-state index contributed by atoms with van der Waals surface area (Å²) in [6.07, 6.45) is 2.39. The number of benzene rings is 2. The zero-order chi connectivity index (χ0) is 21.7. The highest BCUT2D eigenvalue weighted by atomic mass is 16.2. The van der Waals surface area contributed by atoms with E-state index in [2.05, 4.69) is 39.8 Å². The summed E-state index contributed by atoms with van der Waals surface area (Å²) in [4.78, 5) is 28.5. The molecule has 0 aromatic heterocycles. The number of nitrogens with zero attached hydrogens (tertiary/aromatic N) is 1. The molecule has 0 spiro atoms. The van der Waals surface area contributed by atoms with Crippen LogP contribution in [0.15, 0.2) is 42.5 Å². The quantitative estimate of drug-likeness (QED) is 0.638. The van der Waals surface area contributed by atoms with E-state index in [0.29, 0.717) is 12.2 Å². The van der Waals surface area contributed by atoms with Crippen molar-refractivity contribution in [3.63, 3.8) is 0 Å². The lowest BCUT2D eigenvalue weighted by Gasteiger charge is -2.26. The van der Waals surface area contributed by atoms with Gasteiger partial charge >= 0.3 is 11.8 Å². The van der Waals surface area contributed by atoms with Crippen LogP contribution in [0, 0.1) is 13.8 Å². The van der Waals surface area contributed by atoms with Gasteiger partial charge in [0.2, 0.25) is 0 Å². The zero-order valence-corrected chi connectivity index (χ0v) is 18.4. The smallest absolute Gasteiger partial charge is 0.313 e. The average molecular weight is 410 g/mol. The molecule has 0 unspecified atom stereocenters. The summed E-state index contributed by atoms with van der Waals surface area (Å²) < 4.78 is 0. The van der Waals surface area contributed by atoms with Crippen LogP contribution >= 0.6 is 0 Å². The fraction of sp³-hybridized carbons (Fsp3) is 0.417. The zero-order valence-electron chi connectivity index (χ0n) is 18.4. The van der Waals surface area contributed by atoms with E-state index in [0.717, 1.165) is 29.9 Å². The summed E-state index contributed by atoms with van der Waals surface area (Å²) in [6.45, 7) is 6.46. The molecule has 0 radical (unpaired) electrons. The number of carbonyl (C=O) groups is 2. The number of nitrogens with one attached hydrogen (secondary N) is 3. The molecule has 0 aliphatic carbocycles. The number of carbonyl (C=O) groups excluding carboxylic acids is 2. The average Bonchev–Trinajstić information content (AvgIpc) is 3.25. The molecule has 3 N–H and O–H groups in total. The number of rotatable bonds is 6. The van der Waals surface area contributed by atoms with E-state index in [9.17, 15) is 9.59 Å². The second kappa shape index (κ2) is 9.76.